The number of Topliss-reactive ketones (excluding diaryl/α,β-unsaturated/α-hetero) is 1. The number of rotatable bonds is 6. The van der Waals surface area contributed by atoms with E-state index in [-0.39, 0.29) is 5.78 Å². The standard InChI is InChI=1S/C18H21NO2/c1-3-4-17(21-16-11-9-15(19)10-12-16)18(20)14-7-5-13(2)6-8-14/h5-12,17H,3-4,19H2,1-2H3. The van der Waals surface area contributed by atoms with Gasteiger partial charge in [0.2, 0.25) is 5.78 Å². The van der Waals surface area contributed by atoms with E-state index in [1.807, 2.05) is 38.1 Å². The summed E-state index contributed by atoms with van der Waals surface area (Å²) in [5.41, 5.74) is 8.16. The Morgan fingerprint density at radius 3 is 2.29 bits per heavy atom. The fourth-order valence-electron chi connectivity index (χ4n) is 2.12. The average molecular weight is 283 g/mol. The van der Waals surface area contributed by atoms with Crippen LogP contribution in [-0.4, -0.2) is 11.9 Å². The molecule has 1 unspecified atom stereocenters. The van der Waals surface area contributed by atoms with Crippen LogP contribution in [0.15, 0.2) is 48.5 Å². The molecule has 0 bridgehead atoms. The van der Waals surface area contributed by atoms with Crippen molar-refractivity contribution in [3.63, 3.8) is 0 Å². The number of carbonyl (C=O) groups is 1. The molecule has 110 valence electrons. The zero-order valence-corrected chi connectivity index (χ0v) is 12.5. The van der Waals surface area contributed by atoms with Gasteiger partial charge < -0.3 is 10.5 Å². The smallest absolute Gasteiger partial charge is 0.203 e. The number of anilines is 1. The summed E-state index contributed by atoms with van der Waals surface area (Å²) in [4.78, 5) is 12.6. The fraction of sp³-hybridized carbons (Fsp3) is 0.278. The van der Waals surface area contributed by atoms with Crippen molar-refractivity contribution < 1.29 is 9.53 Å². The van der Waals surface area contributed by atoms with E-state index in [4.69, 9.17) is 10.5 Å². The molecule has 2 aromatic rings. The van der Waals surface area contributed by atoms with Gasteiger partial charge in [-0.2, -0.15) is 0 Å². The third-order valence-corrected chi connectivity index (χ3v) is 3.34. The zero-order valence-electron chi connectivity index (χ0n) is 12.5. The Morgan fingerprint density at radius 2 is 1.71 bits per heavy atom. The van der Waals surface area contributed by atoms with Gasteiger partial charge in [-0.25, -0.2) is 0 Å². The van der Waals surface area contributed by atoms with Gasteiger partial charge in [-0.1, -0.05) is 43.2 Å². The third kappa shape index (κ3) is 4.09. The molecule has 0 saturated heterocycles. The van der Waals surface area contributed by atoms with E-state index >= 15 is 0 Å². The molecule has 0 saturated carbocycles. The monoisotopic (exact) mass is 283 g/mol. The Bertz CT molecular complexity index is 588. The first-order chi connectivity index (χ1) is 10.1. The minimum Gasteiger partial charge on any atom is -0.482 e. The normalized spacial score (nSPS) is 11.9. The van der Waals surface area contributed by atoms with Gasteiger partial charge in [-0.3, -0.25) is 4.79 Å². The molecule has 2 aromatic carbocycles. The molecule has 0 fully saturated rings. The summed E-state index contributed by atoms with van der Waals surface area (Å²) in [6, 6.07) is 14.7. The van der Waals surface area contributed by atoms with Gasteiger partial charge in [-0.15, -0.1) is 0 Å². The number of benzene rings is 2. The molecule has 0 aliphatic carbocycles. The van der Waals surface area contributed by atoms with Gasteiger partial charge in [0.15, 0.2) is 6.10 Å². The fourth-order valence-corrected chi connectivity index (χ4v) is 2.12. The maximum absolute atomic E-state index is 12.6. The highest BCUT2D eigenvalue weighted by Gasteiger charge is 2.21. The lowest BCUT2D eigenvalue weighted by Crippen LogP contribution is -2.27. The molecule has 0 aliphatic heterocycles. The van der Waals surface area contributed by atoms with Crippen molar-refractivity contribution in [3.8, 4) is 5.75 Å². The summed E-state index contributed by atoms with van der Waals surface area (Å²) >= 11 is 0. The van der Waals surface area contributed by atoms with E-state index in [1.165, 1.54) is 0 Å². The van der Waals surface area contributed by atoms with Gasteiger partial charge >= 0.3 is 0 Å². The second-order valence-corrected chi connectivity index (χ2v) is 5.19. The van der Waals surface area contributed by atoms with E-state index in [2.05, 4.69) is 0 Å². The Kier molecular flexibility index (Phi) is 4.99. The summed E-state index contributed by atoms with van der Waals surface area (Å²) in [6.07, 6.45) is 1.12. The molecule has 0 radical (unpaired) electrons. The second-order valence-electron chi connectivity index (χ2n) is 5.19. The first-order valence-electron chi connectivity index (χ1n) is 7.23. The number of hydrogen-bond donors (Lipinski definition) is 1. The molecule has 1 atom stereocenters. The highest BCUT2D eigenvalue weighted by Crippen LogP contribution is 2.19. The molecular formula is C18H21NO2. The van der Waals surface area contributed by atoms with Crippen molar-refractivity contribution in [2.75, 3.05) is 5.73 Å². The predicted molar refractivity (Wildman–Crippen MR) is 85.7 cm³/mol. The predicted octanol–water partition coefficient (Wildman–Crippen LogP) is 4.01. The van der Waals surface area contributed by atoms with Gasteiger partial charge in [0.05, 0.1) is 0 Å². The summed E-state index contributed by atoms with van der Waals surface area (Å²) < 4.78 is 5.85. The van der Waals surface area contributed by atoms with Crippen LogP contribution in [0, 0.1) is 6.92 Å². The molecule has 0 aliphatic rings. The van der Waals surface area contributed by atoms with E-state index in [0.29, 0.717) is 23.4 Å². The second kappa shape index (κ2) is 6.93. The number of ketones is 1. The molecule has 0 spiro atoms. The molecule has 0 aromatic heterocycles. The number of ether oxygens (including phenoxy) is 1. The lowest BCUT2D eigenvalue weighted by molar-refractivity contribution is 0.0777. The molecule has 2 N–H and O–H groups in total. The van der Waals surface area contributed by atoms with Crippen molar-refractivity contribution in [2.24, 2.45) is 0 Å². The van der Waals surface area contributed by atoms with Gasteiger partial charge in [0, 0.05) is 11.3 Å². The Labute approximate surface area is 125 Å². The molecule has 0 heterocycles. The number of aryl methyl sites for hydroxylation is 1. The summed E-state index contributed by atoms with van der Waals surface area (Å²) in [5, 5.41) is 0. The molecule has 2 rings (SSSR count). The number of nitrogen functional groups attached to an aromatic ring is 1. The van der Waals surface area contributed by atoms with Crippen molar-refractivity contribution in [3.05, 3.63) is 59.7 Å². The van der Waals surface area contributed by atoms with E-state index < -0.39 is 6.10 Å². The first kappa shape index (κ1) is 15.1. The van der Waals surface area contributed by atoms with Gasteiger partial charge in [0.1, 0.15) is 5.75 Å². The molecule has 3 nitrogen and oxygen atoms in total. The van der Waals surface area contributed by atoms with Crippen LogP contribution >= 0.6 is 0 Å². The van der Waals surface area contributed by atoms with Crippen LogP contribution in [0.1, 0.15) is 35.7 Å². The van der Waals surface area contributed by atoms with Gasteiger partial charge in [-0.05, 0) is 37.6 Å². The van der Waals surface area contributed by atoms with Crippen molar-refractivity contribution in [2.45, 2.75) is 32.8 Å². The summed E-state index contributed by atoms with van der Waals surface area (Å²) in [5.74, 6) is 0.691. The van der Waals surface area contributed by atoms with Crippen LogP contribution in [0.4, 0.5) is 5.69 Å². The van der Waals surface area contributed by atoms with Crippen LogP contribution in [0.25, 0.3) is 0 Å². The maximum Gasteiger partial charge on any atom is 0.203 e. The molecular weight excluding hydrogens is 262 g/mol. The Morgan fingerprint density at radius 1 is 1.10 bits per heavy atom. The zero-order chi connectivity index (χ0) is 15.2. The summed E-state index contributed by atoms with van der Waals surface area (Å²) in [7, 11) is 0. The molecule has 21 heavy (non-hydrogen) atoms. The maximum atomic E-state index is 12.6. The average Bonchev–Trinajstić information content (AvgIpc) is 2.49. The van der Waals surface area contributed by atoms with Crippen molar-refractivity contribution in [1.82, 2.24) is 0 Å². The largest absolute Gasteiger partial charge is 0.482 e. The Balaban J connectivity index is 2.15. The summed E-state index contributed by atoms with van der Waals surface area (Å²) in [6.45, 7) is 4.05. The minimum absolute atomic E-state index is 0.0219. The highest BCUT2D eigenvalue weighted by atomic mass is 16.5. The number of carbonyl (C=O) groups excluding carboxylic acids is 1. The van der Waals surface area contributed by atoms with E-state index in [0.717, 1.165) is 12.0 Å². The first-order valence-corrected chi connectivity index (χ1v) is 7.23. The van der Waals surface area contributed by atoms with Crippen LogP contribution in [0.5, 0.6) is 5.75 Å². The number of nitrogens with two attached hydrogens (primary N) is 1. The van der Waals surface area contributed by atoms with E-state index in [9.17, 15) is 4.79 Å². The van der Waals surface area contributed by atoms with Gasteiger partial charge in [0.25, 0.3) is 0 Å². The molecule has 3 heteroatoms. The topological polar surface area (TPSA) is 52.3 Å². The number of hydrogen-bond acceptors (Lipinski definition) is 3. The van der Waals surface area contributed by atoms with Crippen LogP contribution in [0.3, 0.4) is 0 Å². The van der Waals surface area contributed by atoms with Crippen LogP contribution < -0.4 is 10.5 Å². The Hall–Kier alpha value is -2.29. The van der Waals surface area contributed by atoms with Crippen molar-refractivity contribution in [1.29, 1.82) is 0 Å². The van der Waals surface area contributed by atoms with E-state index in [1.54, 1.807) is 24.3 Å². The molecule has 0 amide bonds. The lowest BCUT2D eigenvalue weighted by Gasteiger charge is -2.18. The SMILES string of the molecule is CCCC(Oc1ccc(N)cc1)C(=O)c1ccc(C)cc1. The van der Waals surface area contributed by atoms with Crippen molar-refractivity contribution >= 4 is 11.5 Å². The lowest BCUT2D eigenvalue weighted by atomic mass is 10.0. The quantitative estimate of drug-likeness (QED) is 0.643. The van der Waals surface area contributed by atoms with Crippen LogP contribution in [0.2, 0.25) is 0 Å². The highest BCUT2D eigenvalue weighted by molar-refractivity contribution is 5.99. The minimum atomic E-state index is -0.457. The third-order valence-electron chi connectivity index (χ3n) is 3.34. The van der Waals surface area contributed by atoms with Crippen LogP contribution in [-0.2, 0) is 0 Å².